The van der Waals surface area contributed by atoms with E-state index in [1.54, 1.807) is 11.8 Å². The number of hydrogen-bond acceptors (Lipinski definition) is 5. The molecule has 0 aliphatic carbocycles. The largest absolute Gasteiger partial charge is 0.493 e. The molecule has 3 rings (SSSR count). The molecule has 0 fully saturated rings. The number of hydrogen-bond donors (Lipinski definition) is 1. The van der Waals surface area contributed by atoms with Crippen molar-refractivity contribution in [1.82, 2.24) is 4.90 Å². The molecular formula is C36H54N2O3S. The molecule has 0 spiro atoms. The van der Waals surface area contributed by atoms with Crippen LogP contribution in [0.5, 0.6) is 11.5 Å². The molecule has 1 N–H and O–H groups in total. The summed E-state index contributed by atoms with van der Waals surface area (Å²) < 4.78 is 12.1. The molecule has 1 heterocycles. The lowest BCUT2D eigenvalue weighted by molar-refractivity contribution is -0.118. The number of carbonyl (C=O) groups excluding carboxylic acids is 1. The molecule has 0 atom stereocenters. The van der Waals surface area contributed by atoms with E-state index in [9.17, 15) is 4.79 Å². The Labute approximate surface area is 259 Å². The third kappa shape index (κ3) is 13.1. The van der Waals surface area contributed by atoms with E-state index in [2.05, 4.69) is 67.7 Å². The molecule has 6 heteroatoms. The first-order valence-electron chi connectivity index (χ1n) is 16.2. The summed E-state index contributed by atoms with van der Waals surface area (Å²) in [5.74, 6) is 2.30. The van der Waals surface area contributed by atoms with Gasteiger partial charge in [-0.3, -0.25) is 4.79 Å². The smallest absolute Gasteiger partial charge is 0.262 e. The number of benzene rings is 2. The van der Waals surface area contributed by atoms with Gasteiger partial charge < -0.3 is 19.7 Å². The summed E-state index contributed by atoms with van der Waals surface area (Å²) in [6.07, 6.45) is 18.0. The van der Waals surface area contributed by atoms with E-state index < -0.39 is 0 Å². The van der Waals surface area contributed by atoms with Crippen LogP contribution in [0.25, 0.3) is 0 Å². The molecule has 42 heavy (non-hydrogen) atoms. The number of thioether (sulfide) groups is 1. The molecule has 0 radical (unpaired) electrons. The maximum atomic E-state index is 12.6. The Morgan fingerprint density at radius 1 is 0.857 bits per heavy atom. The third-order valence-corrected chi connectivity index (χ3v) is 8.41. The molecule has 0 saturated carbocycles. The highest BCUT2D eigenvalue weighted by atomic mass is 32.2. The molecule has 0 saturated heterocycles. The van der Waals surface area contributed by atoms with Crippen LogP contribution in [0.15, 0.2) is 54.1 Å². The fourth-order valence-electron chi connectivity index (χ4n) is 5.14. The first-order valence-corrected chi connectivity index (χ1v) is 17.2. The van der Waals surface area contributed by atoms with Crippen LogP contribution in [0.3, 0.4) is 0 Å². The molecule has 2 aromatic rings. The van der Waals surface area contributed by atoms with Gasteiger partial charge in [0.15, 0.2) is 6.61 Å². The van der Waals surface area contributed by atoms with Crippen molar-refractivity contribution in [3.8, 4) is 11.5 Å². The fourth-order valence-corrected chi connectivity index (χ4v) is 5.85. The Bertz CT molecular complexity index is 1080. The van der Waals surface area contributed by atoms with E-state index >= 15 is 0 Å². The summed E-state index contributed by atoms with van der Waals surface area (Å²) in [6.45, 7) is 10.4. The number of unbranched alkanes of at least 4 members (excludes halogenated alkanes) is 11. The third-order valence-electron chi connectivity index (χ3n) is 7.62. The van der Waals surface area contributed by atoms with Gasteiger partial charge in [0.2, 0.25) is 0 Å². The molecule has 232 valence electrons. The van der Waals surface area contributed by atoms with Crippen LogP contribution in [-0.4, -0.2) is 29.9 Å². The maximum Gasteiger partial charge on any atom is 0.262 e. The van der Waals surface area contributed by atoms with Gasteiger partial charge in [-0.1, -0.05) is 117 Å². The quantitative estimate of drug-likeness (QED) is 0.155. The summed E-state index contributed by atoms with van der Waals surface area (Å²) in [7, 11) is 0. The predicted octanol–water partition coefficient (Wildman–Crippen LogP) is 10.1. The molecule has 0 bridgehead atoms. The molecule has 1 aliphatic rings. The van der Waals surface area contributed by atoms with Crippen LogP contribution in [0.1, 0.15) is 116 Å². The van der Waals surface area contributed by atoms with Gasteiger partial charge in [-0.15, -0.1) is 11.8 Å². The first-order chi connectivity index (χ1) is 20.3. The molecule has 1 amide bonds. The highest BCUT2D eigenvalue weighted by Gasteiger charge is 2.20. The summed E-state index contributed by atoms with van der Waals surface area (Å²) in [5, 5.41) is 5.05. The Kier molecular flexibility index (Phi) is 15.2. The minimum Gasteiger partial charge on any atom is -0.493 e. The molecule has 2 aromatic carbocycles. The van der Waals surface area contributed by atoms with Gasteiger partial charge in [0.05, 0.1) is 12.5 Å². The van der Waals surface area contributed by atoms with E-state index in [0.29, 0.717) is 12.4 Å². The molecule has 5 nitrogen and oxygen atoms in total. The zero-order valence-corrected chi connectivity index (χ0v) is 27.4. The average Bonchev–Trinajstić information content (AvgIpc) is 3.48. The van der Waals surface area contributed by atoms with Crippen molar-refractivity contribution in [3.05, 3.63) is 65.2 Å². The van der Waals surface area contributed by atoms with Crippen molar-refractivity contribution in [3.63, 3.8) is 0 Å². The van der Waals surface area contributed by atoms with Crippen LogP contribution >= 0.6 is 11.8 Å². The normalized spacial score (nSPS) is 13.0. The van der Waals surface area contributed by atoms with Crippen LogP contribution in [0.4, 0.5) is 5.69 Å². The lowest BCUT2D eigenvalue weighted by Gasteiger charge is -2.23. The van der Waals surface area contributed by atoms with Crippen LogP contribution < -0.4 is 14.8 Å². The van der Waals surface area contributed by atoms with Gasteiger partial charge in [-0.2, -0.15) is 0 Å². The molecule has 1 aliphatic heterocycles. The van der Waals surface area contributed by atoms with E-state index in [1.165, 1.54) is 76.2 Å². The standard InChI is InChI=1S/C36H54N2O3S/c1-5-6-7-8-9-10-11-12-13-14-15-16-24-40-34-26-32(21-22-33(34)36(2,3)4)41-28-35(39)37-31-19-17-30(18-20-31)27-38-23-25-42-29-38/h17-23,25-26H,5-16,24,27-29H2,1-4H3,(H,37,39). The predicted molar refractivity (Wildman–Crippen MR) is 179 cm³/mol. The molecular weight excluding hydrogens is 540 g/mol. The average molecular weight is 595 g/mol. The van der Waals surface area contributed by atoms with Gasteiger partial charge in [-0.05, 0) is 46.6 Å². The lowest BCUT2D eigenvalue weighted by atomic mass is 9.86. The summed E-state index contributed by atoms with van der Waals surface area (Å²) in [5.41, 5.74) is 3.10. The second-order valence-corrected chi connectivity index (χ2v) is 13.4. The minimum atomic E-state index is -0.180. The Morgan fingerprint density at radius 2 is 1.50 bits per heavy atom. The Balaban J connectivity index is 1.37. The Morgan fingerprint density at radius 3 is 2.10 bits per heavy atom. The van der Waals surface area contributed by atoms with E-state index in [-0.39, 0.29) is 17.9 Å². The monoisotopic (exact) mass is 594 g/mol. The first kappa shape index (κ1) is 33.9. The van der Waals surface area contributed by atoms with Crippen molar-refractivity contribution < 1.29 is 14.3 Å². The number of nitrogens with zero attached hydrogens (tertiary/aromatic N) is 1. The van der Waals surface area contributed by atoms with Gasteiger partial charge in [-0.25, -0.2) is 0 Å². The van der Waals surface area contributed by atoms with E-state index in [0.717, 1.165) is 35.8 Å². The Hall–Kier alpha value is -2.60. The van der Waals surface area contributed by atoms with Crippen LogP contribution in [-0.2, 0) is 16.8 Å². The van der Waals surface area contributed by atoms with Crippen molar-refractivity contribution >= 4 is 23.4 Å². The van der Waals surface area contributed by atoms with Crippen molar-refractivity contribution in [2.24, 2.45) is 0 Å². The van der Waals surface area contributed by atoms with Gasteiger partial charge in [0, 0.05) is 24.5 Å². The van der Waals surface area contributed by atoms with Crippen LogP contribution in [0.2, 0.25) is 0 Å². The number of carbonyl (C=O) groups is 1. The lowest BCUT2D eigenvalue weighted by Crippen LogP contribution is -2.20. The molecule has 0 aromatic heterocycles. The topological polar surface area (TPSA) is 50.8 Å². The summed E-state index contributed by atoms with van der Waals surface area (Å²) in [4.78, 5) is 14.8. The number of ether oxygens (including phenoxy) is 2. The van der Waals surface area contributed by atoms with E-state index in [1.807, 2.05) is 24.3 Å². The van der Waals surface area contributed by atoms with E-state index in [4.69, 9.17) is 9.47 Å². The zero-order valence-electron chi connectivity index (χ0n) is 26.6. The van der Waals surface area contributed by atoms with Crippen molar-refractivity contribution in [2.75, 3.05) is 24.4 Å². The minimum absolute atomic E-state index is 0.0438. The number of rotatable bonds is 20. The number of nitrogens with one attached hydrogen (secondary N) is 1. The highest BCUT2D eigenvalue weighted by molar-refractivity contribution is 8.02. The highest BCUT2D eigenvalue weighted by Crippen LogP contribution is 2.34. The SMILES string of the molecule is CCCCCCCCCCCCCCOc1cc(OCC(=O)Nc2ccc(CN3C=CSC3)cc2)ccc1C(C)(C)C. The van der Waals surface area contributed by atoms with Crippen molar-refractivity contribution in [1.29, 1.82) is 0 Å². The van der Waals surface area contributed by atoms with Crippen molar-refractivity contribution in [2.45, 2.75) is 117 Å². The fraction of sp³-hybridized carbons (Fsp3) is 0.583. The maximum absolute atomic E-state index is 12.6. The second-order valence-electron chi connectivity index (χ2n) is 12.5. The van der Waals surface area contributed by atoms with Gasteiger partial charge >= 0.3 is 0 Å². The second kappa shape index (κ2) is 18.8. The zero-order chi connectivity index (χ0) is 30.0. The number of amides is 1. The van der Waals surface area contributed by atoms with Gasteiger partial charge in [0.25, 0.3) is 5.91 Å². The van der Waals surface area contributed by atoms with Gasteiger partial charge in [0.1, 0.15) is 11.5 Å². The summed E-state index contributed by atoms with van der Waals surface area (Å²) in [6, 6.07) is 13.9. The summed E-state index contributed by atoms with van der Waals surface area (Å²) >= 11 is 1.80. The van der Waals surface area contributed by atoms with Crippen LogP contribution in [0, 0.1) is 0 Å². The number of anilines is 1. The molecule has 0 unspecified atom stereocenters.